The summed E-state index contributed by atoms with van der Waals surface area (Å²) in [5, 5.41) is 3.55. The van der Waals surface area contributed by atoms with Crippen molar-refractivity contribution in [3.8, 4) is 0 Å². The van der Waals surface area contributed by atoms with Gasteiger partial charge in [-0.2, -0.15) is 0 Å². The van der Waals surface area contributed by atoms with Crippen molar-refractivity contribution in [1.29, 1.82) is 0 Å². The summed E-state index contributed by atoms with van der Waals surface area (Å²) in [6.45, 7) is 3.37. The average molecular weight is 310 g/mol. The molecule has 0 bridgehead atoms. The van der Waals surface area contributed by atoms with Crippen molar-refractivity contribution in [1.82, 2.24) is 4.90 Å². The van der Waals surface area contributed by atoms with Gasteiger partial charge in [0, 0.05) is 29.2 Å². The highest BCUT2D eigenvalue weighted by Gasteiger charge is 2.18. The Morgan fingerprint density at radius 1 is 1.55 bits per heavy atom. The molecule has 1 aliphatic heterocycles. The molecule has 0 radical (unpaired) electrons. The summed E-state index contributed by atoms with van der Waals surface area (Å²) in [7, 11) is 2.20. The Morgan fingerprint density at radius 2 is 2.35 bits per heavy atom. The molecule has 20 heavy (non-hydrogen) atoms. The molecule has 0 aliphatic carbocycles. The number of anilines is 1. The Hall–Kier alpha value is -0.780. The SMILES string of the molecule is CSc1cccc(NCC2CCCN(C)C2)c1C(N)=S. The van der Waals surface area contributed by atoms with Crippen LogP contribution in [0.2, 0.25) is 0 Å². The van der Waals surface area contributed by atoms with E-state index in [9.17, 15) is 0 Å². The zero-order valence-corrected chi connectivity index (χ0v) is 13.8. The first-order chi connectivity index (χ1) is 9.61. The zero-order valence-electron chi connectivity index (χ0n) is 12.2. The van der Waals surface area contributed by atoms with Gasteiger partial charge in [0.15, 0.2) is 0 Å². The predicted octanol–water partition coefficient (Wildman–Crippen LogP) is 2.80. The summed E-state index contributed by atoms with van der Waals surface area (Å²) in [4.78, 5) is 4.02. The second-order valence-electron chi connectivity index (χ2n) is 5.40. The van der Waals surface area contributed by atoms with E-state index in [-0.39, 0.29) is 0 Å². The number of thiocarbonyl (C=S) groups is 1. The van der Waals surface area contributed by atoms with Crippen molar-refractivity contribution in [3.63, 3.8) is 0 Å². The molecular formula is C15H23N3S2. The van der Waals surface area contributed by atoms with Crippen molar-refractivity contribution in [2.75, 3.05) is 38.3 Å². The van der Waals surface area contributed by atoms with Crippen LogP contribution in [0.15, 0.2) is 23.1 Å². The van der Waals surface area contributed by atoms with Crippen LogP contribution in [0.1, 0.15) is 18.4 Å². The summed E-state index contributed by atoms with van der Waals surface area (Å²) in [5.74, 6) is 0.700. The van der Waals surface area contributed by atoms with E-state index in [1.807, 2.05) is 0 Å². The summed E-state index contributed by atoms with van der Waals surface area (Å²) in [6.07, 6.45) is 4.63. The average Bonchev–Trinajstić information content (AvgIpc) is 2.44. The lowest BCUT2D eigenvalue weighted by molar-refractivity contribution is 0.217. The number of hydrogen-bond acceptors (Lipinski definition) is 4. The molecule has 1 unspecified atom stereocenters. The molecular weight excluding hydrogens is 286 g/mol. The number of piperidine rings is 1. The summed E-state index contributed by atoms with van der Waals surface area (Å²) < 4.78 is 0. The first kappa shape index (κ1) is 15.6. The van der Waals surface area contributed by atoms with E-state index in [4.69, 9.17) is 18.0 Å². The summed E-state index contributed by atoms with van der Waals surface area (Å²) in [5.41, 5.74) is 7.94. The Labute approximate surface area is 131 Å². The van der Waals surface area contributed by atoms with Crippen LogP contribution in [0.25, 0.3) is 0 Å². The first-order valence-corrected chi connectivity index (χ1v) is 8.64. The van der Waals surface area contributed by atoms with E-state index >= 15 is 0 Å². The van der Waals surface area contributed by atoms with Gasteiger partial charge < -0.3 is 16.0 Å². The fraction of sp³-hybridized carbons (Fsp3) is 0.533. The monoisotopic (exact) mass is 309 g/mol. The zero-order chi connectivity index (χ0) is 14.5. The highest BCUT2D eigenvalue weighted by Crippen LogP contribution is 2.27. The Kier molecular flexibility index (Phi) is 5.69. The molecule has 1 saturated heterocycles. The third kappa shape index (κ3) is 3.87. The molecule has 2 rings (SSSR count). The van der Waals surface area contributed by atoms with Gasteiger partial charge in [-0.1, -0.05) is 18.3 Å². The highest BCUT2D eigenvalue weighted by molar-refractivity contribution is 7.98. The van der Waals surface area contributed by atoms with E-state index in [2.05, 4.69) is 41.7 Å². The molecule has 3 N–H and O–H groups in total. The number of nitrogens with one attached hydrogen (secondary N) is 1. The standard InChI is InChI=1S/C15H23N3S2/c1-18-8-4-5-11(10-18)9-17-12-6-3-7-13(20-2)14(12)15(16)19/h3,6-7,11,17H,4-5,8-10H2,1-2H3,(H2,16,19). The molecule has 0 spiro atoms. The van der Waals surface area contributed by atoms with Gasteiger partial charge in [0.2, 0.25) is 0 Å². The molecule has 0 amide bonds. The van der Waals surface area contributed by atoms with Gasteiger partial charge in [-0.15, -0.1) is 11.8 Å². The van der Waals surface area contributed by atoms with E-state index in [1.54, 1.807) is 11.8 Å². The first-order valence-electron chi connectivity index (χ1n) is 7.01. The van der Waals surface area contributed by atoms with Crippen LogP contribution in [0.5, 0.6) is 0 Å². The number of benzene rings is 1. The van der Waals surface area contributed by atoms with Gasteiger partial charge >= 0.3 is 0 Å². The molecule has 3 nitrogen and oxygen atoms in total. The fourth-order valence-electron chi connectivity index (χ4n) is 2.80. The van der Waals surface area contributed by atoms with Crippen LogP contribution >= 0.6 is 24.0 Å². The number of thioether (sulfide) groups is 1. The smallest absolute Gasteiger partial charge is 0.107 e. The van der Waals surface area contributed by atoms with Gasteiger partial charge in [0.05, 0.1) is 0 Å². The minimum Gasteiger partial charge on any atom is -0.389 e. The number of hydrogen-bond donors (Lipinski definition) is 2. The van der Waals surface area contributed by atoms with Crippen LogP contribution in [-0.2, 0) is 0 Å². The minimum absolute atomic E-state index is 0.471. The fourth-order valence-corrected chi connectivity index (χ4v) is 3.72. The second kappa shape index (κ2) is 7.29. The largest absolute Gasteiger partial charge is 0.389 e. The van der Waals surface area contributed by atoms with Crippen LogP contribution in [0.3, 0.4) is 0 Å². The molecule has 5 heteroatoms. The molecule has 1 heterocycles. The van der Waals surface area contributed by atoms with Gasteiger partial charge in [-0.05, 0) is 50.7 Å². The van der Waals surface area contributed by atoms with Crippen LogP contribution < -0.4 is 11.1 Å². The van der Waals surface area contributed by atoms with Crippen molar-refractivity contribution in [2.45, 2.75) is 17.7 Å². The van der Waals surface area contributed by atoms with E-state index in [0.717, 1.165) is 29.2 Å². The maximum absolute atomic E-state index is 5.89. The molecule has 110 valence electrons. The number of rotatable bonds is 5. The molecule has 1 aromatic rings. The highest BCUT2D eigenvalue weighted by atomic mass is 32.2. The molecule has 1 aromatic carbocycles. The molecule has 0 aromatic heterocycles. The number of likely N-dealkylation sites (tertiary alicyclic amines) is 1. The Balaban J connectivity index is 2.07. The van der Waals surface area contributed by atoms with Gasteiger partial charge in [0.25, 0.3) is 0 Å². The van der Waals surface area contributed by atoms with Crippen molar-refractivity contribution in [3.05, 3.63) is 23.8 Å². The second-order valence-corrected chi connectivity index (χ2v) is 6.69. The number of nitrogens with zero attached hydrogens (tertiary/aromatic N) is 1. The van der Waals surface area contributed by atoms with E-state index in [0.29, 0.717) is 10.9 Å². The van der Waals surface area contributed by atoms with Gasteiger partial charge in [0.1, 0.15) is 4.99 Å². The van der Waals surface area contributed by atoms with Gasteiger partial charge in [-0.3, -0.25) is 0 Å². The maximum atomic E-state index is 5.89. The molecule has 1 atom stereocenters. The predicted molar refractivity (Wildman–Crippen MR) is 92.8 cm³/mol. The Bertz CT molecular complexity index is 476. The van der Waals surface area contributed by atoms with Crippen LogP contribution in [0, 0.1) is 5.92 Å². The Morgan fingerprint density at radius 3 is 3.00 bits per heavy atom. The normalized spacial score (nSPS) is 19.8. The van der Waals surface area contributed by atoms with Gasteiger partial charge in [-0.25, -0.2) is 0 Å². The number of nitrogens with two attached hydrogens (primary N) is 1. The minimum atomic E-state index is 0.471. The summed E-state index contributed by atoms with van der Waals surface area (Å²) >= 11 is 6.89. The maximum Gasteiger partial charge on any atom is 0.107 e. The lowest BCUT2D eigenvalue weighted by atomic mass is 9.98. The lowest BCUT2D eigenvalue weighted by Crippen LogP contribution is -2.35. The van der Waals surface area contributed by atoms with Crippen LogP contribution in [0.4, 0.5) is 5.69 Å². The van der Waals surface area contributed by atoms with Crippen molar-refractivity contribution >= 4 is 34.7 Å². The van der Waals surface area contributed by atoms with Crippen LogP contribution in [-0.4, -0.2) is 42.8 Å². The summed E-state index contributed by atoms with van der Waals surface area (Å²) in [6, 6.07) is 6.20. The molecule has 0 saturated carbocycles. The lowest BCUT2D eigenvalue weighted by Gasteiger charge is -2.30. The molecule has 1 aliphatic rings. The van der Waals surface area contributed by atoms with E-state index in [1.165, 1.54) is 19.4 Å². The van der Waals surface area contributed by atoms with E-state index < -0.39 is 0 Å². The third-order valence-corrected chi connectivity index (χ3v) is 4.78. The van der Waals surface area contributed by atoms with Crippen molar-refractivity contribution < 1.29 is 0 Å². The third-order valence-electron chi connectivity index (χ3n) is 3.80. The topological polar surface area (TPSA) is 41.3 Å². The quantitative estimate of drug-likeness (QED) is 0.646. The van der Waals surface area contributed by atoms with Crippen molar-refractivity contribution in [2.24, 2.45) is 11.7 Å². The molecule has 1 fully saturated rings.